The molecule has 0 saturated heterocycles. The minimum atomic E-state index is 0.855. The van der Waals surface area contributed by atoms with Crippen molar-refractivity contribution >= 4 is 10.9 Å². The number of aromatic nitrogens is 1. The third kappa shape index (κ3) is 1.11. The molecule has 2 heteroatoms. The Morgan fingerprint density at radius 1 is 1.25 bits per heavy atom. The van der Waals surface area contributed by atoms with Gasteiger partial charge < -0.3 is 4.74 Å². The van der Waals surface area contributed by atoms with Gasteiger partial charge in [-0.3, -0.25) is 0 Å². The van der Waals surface area contributed by atoms with Crippen molar-refractivity contribution in [3.8, 4) is 5.75 Å². The average molecular weight is 160 g/mol. The van der Waals surface area contributed by atoms with E-state index in [1.807, 2.05) is 36.5 Å². The van der Waals surface area contributed by atoms with Gasteiger partial charge in [-0.15, -0.1) is 0 Å². The molecule has 12 heavy (non-hydrogen) atoms. The zero-order valence-electron chi connectivity index (χ0n) is 6.87. The van der Waals surface area contributed by atoms with Crippen LogP contribution in [0.25, 0.3) is 10.9 Å². The van der Waals surface area contributed by atoms with Crippen LogP contribution in [0.3, 0.4) is 0 Å². The van der Waals surface area contributed by atoms with Crippen LogP contribution in [-0.2, 0) is 0 Å². The Kier molecular flexibility index (Phi) is 1.67. The third-order valence-corrected chi connectivity index (χ3v) is 1.86. The molecular weight excluding hydrogens is 150 g/mol. The molecule has 1 heterocycles. The molecule has 0 aliphatic carbocycles. The van der Waals surface area contributed by atoms with Crippen LogP contribution in [0, 0.1) is 0 Å². The van der Waals surface area contributed by atoms with Gasteiger partial charge in [0.15, 0.2) is 5.75 Å². The summed E-state index contributed by atoms with van der Waals surface area (Å²) in [7, 11) is 1.66. The maximum absolute atomic E-state index is 5.09. The van der Waals surface area contributed by atoms with Crippen LogP contribution in [0.1, 0.15) is 0 Å². The van der Waals surface area contributed by atoms with Gasteiger partial charge >= 0.3 is 0 Å². The second-order valence-electron chi connectivity index (χ2n) is 2.63. The van der Waals surface area contributed by atoms with E-state index in [0.29, 0.717) is 0 Å². The SMILES string of the molecule is COc1c[nH+]c2ccccc2c1. The lowest BCUT2D eigenvalue weighted by Crippen LogP contribution is -2.02. The molecule has 2 rings (SSSR count). The number of nitrogens with one attached hydrogen (secondary N) is 1. The van der Waals surface area contributed by atoms with Crippen molar-refractivity contribution in [3.05, 3.63) is 36.5 Å². The highest BCUT2D eigenvalue weighted by Crippen LogP contribution is 2.14. The van der Waals surface area contributed by atoms with E-state index < -0.39 is 0 Å². The molecule has 0 aliphatic rings. The summed E-state index contributed by atoms with van der Waals surface area (Å²) in [5, 5.41) is 1.16. The molecule has 1 aromatic heterocycles. The standard InChI is InChI=1S/C10H9NO/c1-12-9-6-8-4-2-3-5-10(8)11-7-9/h2-7H,1H3/p+1. The van der Waals surface area contributed by atoms with E-state index in [0.717, 1.165) is 16.7 Å². The van der Waals surface area contributed by atoms with E-state index in [4.69, 9.17) is 4.74 Å². The number of fused-ring (bicyclic) bond motifs is 1. The topological polar surface area (TPSA) is 23.4 Å². The first-order chi connectivity index (χ1) is 5.90. The number of H-pyrrole nitrogens is 1. The summed E-state index contributed by atoms with van der Waals surface area (Å²) in [4.78, 5) is 3.15. The summed E-state index contributed by atoms with van der Waals surface area (Å²) in [6, 6.07) is 10.1. The monoisotopic (exact) mass is 160 g/mol. The summed E-state index contributed by atoms with van der Waals surface area (Å²) in [5.41, 5.74) is 1.12. The number of methoxy groups -OCH3 is 1. The zero-order valence-corrected chi connectivity index (χ0v) is 6.87. The molecule has 0 amide bonds. The molecule has 0 aliphatic heterocycles. The van der Waals surface area contributed by atoms with E-state index in [9.17, 15) is 0 Å². The predicted octanol–water partition coefficient (Wildman–Crippen LogP) is 1.66. The van der Waals surface area contributed by atoms with E-state index in [1.54, 1.807) is 7.11 Å². The van der Waals surface area contributed by atoms with Crippen LogP contribution >= 0.6 is 0 Å². The van der Waals surface area contributed by atoms with Crippen LogP contribution < -0.4 is 9.72 Å². The van der Waals surface area contributed by atoms with Crippen molar-refractivity contribution in [2.24, 2.45) is 0 Å². The quantitative estimate of drug-likeness (QED) is 0.622. The van der Waals surface area contributed by atoms with Crippen molar-refractivity contribution in [2.45, 2.75) is 0 Å². The Labute approximate surface area is 70.8 Å². The lowest BCUT2D eigenvalue weighted by atomic mass is 10.2. The first-order valence-corrected chi connectivity index (χ1v) is 3.84. The number of rotatable bonds is 1. The summed E-state index contributed by atoms with van der Waals surface area (Å²) < 4.78 is 5.09. The Balaban J connectivity index is 2.67. The number of para-hydroxylation sites is 1. The summed E-state index contributed by atoms with van der Waals surface area (Å²) in [6.45, 7) is 0. The van der Waals surface area contributed by atoms with Crippen molar-refractivity contribution in [3.63, 3.8) is 0 Å². The first kappa shape index (κ1) is 7.10. The smallest absolute Gasteiger partial charge is 0.211 e. The van der Waals surface area contributed by atoms with Crippen LogP contribution in [-0.4, -0.2) is 7.11 Å². The average Bonchev–Trinajstić information content (AvgIpc) is 2.17. The maximum Gasteiger partial charge on any atom is 0.211 e. The molecule has 0 radical (unpaired) electrons. The van der Waals surface area contributed by atoms with Gasteiger partial charge in [0.05, 0.1) is 7.11 Å². The van der Waals surface area contributed by atoms with Crippen LogP contribution in [0.15, 0.2) is 36.5 Å². The molecule has 2 nitrogen and oxygen atoms in total. The number of aromatic amines is 1. The Morgan fingerprint density at radius 2 is 2.08 bits per heavy atom. The van der Waals surface area contributed by atoms with E-state index in [1.165, 1.54) is 0 Å². The minimum Gasteiger partial charge on any atom is -0.491 e. The number of hydrogen-bond acceptors (Lipinski definition) is 1. The molecular formula is C10H10NO+. The molecule has 1 N–H and O–H groups in total. The highest BCUT2D eigenvalue weighted by atomic mass is 16.5. The lowest BCUT2D eigenvalue weighted by Gasteiger charge is -1.95. The van der Waals surface area contributed by atoms with E-state index >= 15 is 0 Å². The molecule has 1 aromatic carbocycles. The van der Waals surface area contributed by atoms with Crippen LogP contribution in [0.5, 0.6) is 5.75 Å². The van der Waals surface area contributed by atoms with Crippen LogP contribution in [0.4, 0.5) is 0 Å². The van der Waals surface area contributed by atoms with E-state index in [2.05, 4.69) is 4.98 Å². The molecule has 0 spiro atoms. The second kappa shape index (κ2) is 2.81. The number of ether oxygens (including phenoxy) is 1. The number of pyridine rings is 1. The van der Waals surface area contributed by atoms with Gasteiger partial charge in [0.25, 0.3) is 0 Å². The fraction of sp³-hybridized carbons (Fsp3) is 0.100. The molecule has 0 fully saturated rings. The molecule has 0 unspecified atom stereocenters. The first-order valence-electron chi connectivity index (χ1n) is 3.84. The highest BCUT2D eigenvalue weighted by Gasteiger charge is 2.00. The van der Waals surface area contributed by atoms with Gasteiger partial charge in [-0.05, 0) is 6.07 Å². The van der Waals surface area contributed by atoms with Gasteiger partial charge in [0.2, 0.25) is 11.7 Å². The third-order valence-electron chi connectivity index (χ3n) is 1.86. The fourth-order valence-corrected chi connectivity index (χ4v) is 1.22. The summed E-state index contributed by atoms with van der Waals surface area (Å²) >= 11 is 0. The summed E-state index contributed by atoms with van der Waals surface area (Å²) in [6.07, 6.45) is 1.85. The maximum atomic E-state index is 5.09. The second-order valence-corrected chi connectivity index (χ2v) is 2.63. The van der Waals surface area contributed by atoms with Gasteiger partial charge in [0.1, 0.15) is 0 Å². The van der Waals surface area contributed by atoms with Gasteiger partial charge in [0, 0.05) is 17.5 Å². The Bertz CT molecular complexity index is 398. The molecule has 2 aromatic rings. The van der Waals surface area contributed by atoms with Gasteiger partial charge in [-0.25, -0.2) is 4.98 Å². The van der Waals surface area contributed by atoms with Crippen molar-refractivity contribution in [1.82, 2.24) is 0 Å². The number of benzene rings is 1. The van der Waals surface area contributed by atoms with Crippen molar-refractivity contribution < 1.29 is 9.72 Å². The molecule has 60 valence electrons. The summed E-state index contributed by atoms with van der Waals surface area (Å²) in [5.74, 6) is 0.855. The molecule has 0 bridgehead atoms. The lowest BCUT2D eigenvalue weighted by molar-refractivity contribution is -0.345. The van der Waals surface area contributed by atoms with Crippen molar-refractivity contribution in [2.75, 3.05) is 7.11 Å². The van der Waals surface area contributed by atoms with Crippen molar-refractivity contribution in [1.29, 1.82) is 0 Å². The van der Waals surface area contributed by atoms with E-state index in [-0.39, 0.29) is 0 Å². The number of hydrogen-bond donors (Lipinski definition) is 0. The van der Waals surface area contributed by atoms with Crippen LogP contribution in [0.2, 0.25) is 0 Å². The minimum absolute atomic E-state index is 0.855. The molecule has 0 atom stereocenters. The molecule has 0 saturated carbocycles. The van der Waals surface area contributed by atoms with Gasteiger partial charge in [-0.1, -0.05) is 12.1 Å². The zero-order chi connectivity index (χ0) is 8.39. The Hall–Kier alpha value is -1.57. The largest absolute Gasteiger partial charge is 0.491 e. The normalized spacial score (nSPS) is 10.1. The highest BCUT2D eigenvalue weighted by molar-refractivity contribution is 5.76. The predicted molar refractivity (Wildman–Crippen MR) is 47.1 cm³/mol. The Morgan fingerprint density at radius 3 is 2.92 bits per heavy atom. The fourth-order valence-electron chi connectivity index (χ4n) is 1.22. The van der Waals surface area contributed by atoms with Gasteiger partial charge in [-0.2, -0.15) is 0 Å².